The minimum absolute atomic E-state index is 0.0146. The minimum Gasteiger partial charge on any atom is -0.465 e. The van der Waals surface area contributed by atoms with Gasteiger partial charge in [-0.25, -0.2) is 4.79 Å². The van der Waals surface area contributed by atoms with Gasteiger partial charge in [-0.1, -0.05) is 184 Å². The molecule has 0 aromatic rings. The van der Waals surface area contributed by atoms with E-state index in [0.29, 0.717) is 54.3 Å². The number of carbonyl (C=O) groups is 2. The first-order valence-corrected chi connectivity index (χ1v) is 37.3. The lowest BCUT2D eigenvalue weighted by Crippen LogP contribution is -2.04. The number of rotatable bonds is 42. The Labute approximate surface area is 478 Å². The second kappa shape index (κ2) is 75.3. The number of halogens is 4. The van der Waals surface area contributed by atoms with E-state index in [1.165, 1.54) is 72.4 Å². The maximum Gasteiger partial charge on any atom is 0.403 e. The minimum atomic E-state index is -0.860. The van der Waals surface area contributed by atoms with Crippen LogP contribution in [0, 0.1) is 50.6 Å². The fourth-order valence-corrected chi connectivity index (χ4v) is 15.6. The van der Waals surface area contributed by atoms with Crippen LogP contribution in [0.4, 0.5) is 4.79 Å². The van der Waals surface area contributed by atoms with E-state index < -0.39 is 30.9 Å². The molecule has 41 heteroatoms. The van der Waals surface area contributed by atoms with E-state index in [9.17, 15) is 60.2 Å². The molecule has 0 fully saturated rings. The molecule has 69 heavy (non-hydrogen) atoms. The fraction of sp³-hybridized carbons (Fsp3) is 0.929. The molecule has 0 amide bonds. The maximum atomic E-state index is 10.3. The third-order valence-electron chi connectivity index (χ3n) is 4.14. The van der Waals surface area contributed by atoms with E-state index in [4.69, 9.17) is 17.3 Å². The van der Waals surface area contributed by atoms with Gasteiger partial charge in [-0.15, -0.1) is 50.6 Å². The Balaban J connectivity index is -0.000000174. The zero-order chi connectivity index (χ0) is 53.4. The molecular weight excluding hydrogens is 1380 g/mol. The fourth-order valence-electron chi connectivity index (χ4n) is 2.04. The third kappa shape index (κ3) is 114. The lowest BCUT2D eigenvalue weighted by Gasteiger charge is -2.01. The molecule has 0 rings (SSSR count). The van der Waals surface area contributed by atoms with Crippen molar-refractivity contribution >= 4 is 200 Å². The number of esters is 1. The molecule has 0 unspecified atom stereocenters. The first kappa shape index (κ1) is 81.2. The molecule has 0 radical (unpaired) electrons. The Hall–Kier alpha value is 0.830. The molecule has 0 spiro atoms. The number of ether oxygens (including phenoxy) is 2. The smallest absolute Gasteiger partial charge is 0.403 e. The van der Waals surface area contributed by atoms with Crippen molar-refractivity contribution in [2.24, 2.45) is 5.73 Å². The predicted molar refractivity (Wildman–Crippen MR) is 309 cm³/mol. The number of hydrogen-bond donors (Lipinski definition) is 1. The summed E-state index contributed by atoms with van der Waals surface area (Å²) in [7, 11) is 19.3. The van der Waals surface area contributed by atoms with Crippen LogP contribution in [-0.2, 0) is 38.5 Å². The Morgan fingerprint density at radius 3 is 0.884 bits per heavy atom. The molecule has 412 valence electrons. The van der Waals surface area contributed by atoms with Gasteiger partial charge in [-0.05, 0) is 6.42 Å². The van der Waals surface area contributed by atoms with Gasteiger partial charge >= 0.3 is 11.4 Å². The quantitative estimate of drug-likeness (QED) is 0.0113. The number of nitrogens with zero attached hydrogens (tertiary/aromatic N) is 5. The van der Waals surface area contributed by atoms with Crippen molar-refractivity contribution in [3.05, 3.63) is 50.6 Å². The highest BCUT2D eigenvalue weighted by Gasteiger charge is 2.00. The van der Waals surface area contributed by atoms with Crippen molar-refractivity contribution in [1.82, 2.24) is 0 Å². The van der Waals surface area contributed by atoms with Gasteiger partial charge in [0.15, 0.2) is 0 Å². The lowest BCUT2D eigenvalue weighted by atomic mass is 10.6. The highest BCUT2D eigenvalue weighted by molar-refractivity contribution is 9.09. The molecule has 0 aromatic carbocycles. The van der Waals surface area contributed by atoms with Gasteiger partial charge in [0.05, 0.1) is 0 Å². The molecule has 25 nitrogen and oxygen atoms in total. The van der Waals surface area contributed by atoms with Crippen LogP contribution in [0.25, 0.3) is 0 Å². The van der Waals surface area contributed by atoms with Crippen LogP contribution >= 0.6 is 189 Å². The van der Waals surface area contributed by atoms with Gasteiger partial charge < -0.3 is 39.4 Å². The van der Waals surface area contributed by atoms with E-state index in [1.54, 1.807) is 54.0 Å². The van der Waals surface area contributed by atoms with Gasteiger partial charge in [0, 0.05) is 110 Å². The van der Waals surface area contributed by atoms with Gasteiger partial charge in [0.25, 0.3) is 25.4 Å². The summed E-state index contributed by atoms with van der Waals surface area (Å²) in [5, 5.41) is 47.5. The van der Waals surface area contributed by atoms with Crippen molar-refractivity contribution < 1.29 is 68.7 Å². The summed E-state index contributed by atoms with van der Waals surface area (Å²) in [4.78, 5) is 89.1. The van der Waals surface area contributed by atoms with Crippen molar-refractivity contribution in [2.45, 2.75) is 20.3 Å². The number of carbonyl (C=O) groups excluding carboxylic acids is 2. The molecule has 0 aliphatic rings. The third-order valence-corrected chi connectivity index (χ3v) is 21.4. The molecule has 0 aliphatic heterocycles. The summed E-state index contributed by atoms with van der Waals surface area (Å²) < 4.78 is 9.18. The van der Waals surface area contributed by atoms with Crippen molar-refractivity contribution in [1.29, 1.82) is 0 Å². The molecular formula is C28H56Br3ClN6O19S12. The largest absolute Gasteiger partial charge is 0.465 e. The number of alkyl halides is 3. The molecule has 2 N–H and O–H groups in total. The van der Waals surface area contributed by atoms with Crippen LogP contribution in [0.3, 0.4) is 0 Å². The molecule has 0 saturated carbocycles. The van der Waals surface area contributed by atoms with Crippen LogP contribution in [0.15, 0.2) is 0 Å². The van der Waals surface area contributed by atoms with Crippen molar-refractivity contribution in [3.63, 3.8) is 0 Å². The molecule has 0 aromatic heterocycles. The summed E-state index contributed by atoms with van der Waals surface area (Å²) in [6.45, 7) is 5.28. The molecule has 0 aliphatic carbocycles. The van der Waals surface area contributed by atoms with Crippen LogP contribution in [0.5, 0.6) is 0 Å². The van der Waals surface area contributed by atoms with Crippen LogP contribution in [-0.4, -0.2) is 175 Å². The normalized spacial score (nSPS) is 9.55. The summed E-state index contributed by atoms with van der Waals surface area (Å²) in [5.41, 5.74) is 4.49. The lowest BCUT2D eigenvalue weighted by molar-refractivity contribution is -0.756. The van der Waals surface area contributed by atoms with Crippen LogP contribution in [0.2, 0.25) is 0 Å². The summed E-state index contributed by atoms with van der Waals surface area (Å²) >= 11 is 14.9. The second-order valence-corrected chi connectivity index (χ2v) is 28.3. The topological polar surface area (TPSA) is 340 Å². The van der Waals surface area contributed by atoms with E-state index in [-0.39, 0.29) is 39.0 Å². The first-order valence-electron chi connectivity index (χ1n) is 18.6. The Bertz CT molecular complexity index is 1060. The van der Waals surface area contributed by atoms with Crippen LogP contribution in [0.1, 0.15) is 20.3 Å². The highest BCUT2D eigenvalue weighted by atomic mass is 79.9. The van der Waals surface area contributed by atoms with Gasteiger partial charge in [0.2, 0.25) is 0 Å². The molecule has 0 atom stereocenters. The van der Waals surface area contributed by atoms with E-state index >= 15 is 0 Å². The van der Waals surface area contributed by atoms with Crippen LogP contribution < -0.4 is 5.73 Å². The zero-order valence-corrected chi connectivity index (χ0v) is 52.3. The van der Waals surface area contributed by atoms with Gasteiger partial charge in [0.1, 0.15) is 46.2 Å². The summed E-state index contributed by atoms with van der Waals surface area (Å²) in [6.07, 6.45) is 1.13. The average molecular weight is 1440 g/mol. The zero-order valence-electron chi connectivity index (χ0n) is 37.0. The standard InChI is InChI=1S/C6H11NO5S2.C5H8BrClO2S2.C5H11NO3S2.C4H8Br2S2.C4H8N2O6S2.C4H10N2O3S2/c1-6(8)11-2-4-13-14-5-3-12-7(9)10;6-1-3-10-11-4-2-9-5(7)8;1-2-4-10-11-5-3-9-6(7)8;5-1-3-7-8-4-2-6;7-5(8)11-1-3-13-14-4-2-12-6(9)10;5-1-3-10-11-4-2-9-6(7)8/h2-5H2,1H3;1-4H2;2-5H2,1H3;1-4H2;1-4H2;1-5H2. The number of hydrogen-bond acceptors (Lipinski definition) is 32. The summed E-state index contributed by atoms with van der Waals surface area (Å²) in [5.74, 6) is 9.30. The first-order chi connectivity index (χ1) is 33.0. The Morgan fingerprint density at radius 1 is 0.435 bits per heavy atom. The molecule has 0 bridgehead atoms. The maximum absolute atomic E-state index is 10.3. The van der Waals surface area contributed by atoms with Crippen molar-refractivity contribution in [3.8, 4) is 0 Å². The van der Waals surface area contributed by atoms with Crippen molar-refractivity contribution in [2.75, 3.05) is 138 Å². The SMILES string of the molecule is BrCCSSCCBr.CC(=O)OCCSSCCO[N+](=O)[O-].CCCSSCCO[N+](=O)[O-].NCCSSCCO[N+](=O)[O-].O=C(Cl)OCCSSCCBr.O=[N+]([O-])OCCSSCCO[N+](=O)[O-]. The molecule has 0 saturated heterocycles. The predicted octanol–water partition coefficient (Wildman–Crippen LogP) is 10.7. The second-order valence-electron chi connectivity index (χ2n) is 9.43. The van der Waals surface area contributed by atoms with Gasteiger partial charge in [-0.3, -0.25) is 4.79 Å². The average Bonchev–Trinajstić information content (AvgIpc) is 3.28. The van der Waals surface area contributed by atoms with Gasteiger partial charge in [-0.2, -0.15) is 0 Å². The van der Waals surface area contributed by atoms with E-state index in [1.807, 2.05) is 21.6 Å². The monoisotopic (exact) mass is 1440 g/mol. The number of nitrogens with two attached hydrogens (primary N) is 1. The Kier molecular flexibility index (Phi) is 88.7. The van der Waals surface area contributed by atoms with E-state index in [2.05, 4.69) is 88.4 Å². The van der Waals surface area contributed by atoms with E-state index in [0.717, 1.165) is 45.4 Å². The molecule has 0 heterocycles. The summed E-state index contributed by atoms with van der Waals surface area (Å²) in [6, 6.07) is 0. The Morgan fingerprint density at radius 2 is 0.667 bits per heavy atom. The highest BCUT2D eigenvalue weighted by Crippen LogP contribution is 2.23.